The van der Waals surface area contributed by atoms with E-state index in [2.05, 4.69) is 31.3 Å². The van der Waals surface area contributed by atoms with Gasteiger partial charge in [-0.3, -0.25) is 9.59 Å². The Morgan fingerprint density at radius 1 is 0.346 bits per heavy atom. The first-order valence-corrected chi connectivity index (χ1v) is 35.6. The molecule has 0 saturated heterocycles. The third-order valence-corrected chi connectivity index (χ3v) is 16.7. The van der Waals surface area contributed by atoms with Gasteiger partial charge < -0.3 is 20.3 Å². The first-order valence-electron chi connectivity index (χ1n) is 35.6. The monoisotopic (exact) mass is 1100 g/mol. The van der Waals surface area contributed by atoms with Gasteiger partial charge in [-0.1, -0.05) is 353 Å². The van der Waals surface area contributed by atoms with Crippen LogP contribution in [0.2, 0.25) is 0 Å². The molecule has 0 rings (SSSR count). The van der Waals surface area contributed by atoms with Crippen molar-refractivity contribution in [1.29, 1.82) is 0 Å². The summed E-state index contributed by atoms with van der Waals surface area (Å²) < 4.78 is 5.49. The molecule has 0 aromatic rings. The molecule has 0 aliphatic heterocycles. The number of carbonyl (C=O) groups is 2. The summed E-state index contributed by atoms with van der Waals surface area (Å²) in [4.78, 5) is 24.5. The molecule has 2 unspecified atom stereocenters. The van der Waals surface area contributed by atoms with Crippen LogP contribution in [0.5, 0.6) is 0 Å². The van der Waals surface area contributed by atoms with Gasteiger partial charge in [0.05, 0.1) is 25.4 Å². The number of nitrogens with one attached hydrogen (secondary N) is 1. The van der Waals surface area contributed by atoms with Crippen LogP contribution < -0.4 is 5.32 Å². The Morgan fingerprint density at radius 3 is 0.910 bits per heavy atom. The molecular weight excluding hydrogens is 959 g/mol. The van der Waals surface area contributed by atoms with Gasteiger partial charge in [-0.2, -0.15) is 0 Å². The van der Waals surface area contributed by atoms with Gasteiger partial charge in [0.1, 0.15) is 0 Å². The molecule has 0 bridgehead atoms. The predicted molar refractivity (Wildman–Crippen MR) is 343 cm³/mol. The van der Waals surface area contributed by atoms with Crippen molar-refractivity contribution in [2.24, 2.45) is 0 Å². The van der Waals surface area contributed by atoms with Crippen molar-refractivity contribution >= 4 is 11.9 Å². The van der Waals surface area contributed by atoms with Crippen molar-refractivity contribution in [3.8, 4) is 0 Å². The summed E-state index contributed by atoms with van der Waals surface area (Å²) in [7, 11) is 0. The van der Waals surface area contributed by atoms with Gasteiger partial charge in [0.25, 0.3) is 0 Å². The van der Waals surface area contributed by atoms with Crippen molar-refractivity contribution in [2.75, 3.05) is 13.2 Å². The zero-order chi connectivity index (χ0) is 56.4. The van der Waals surface area contributed by atoms with Crippen LogP contribution >= 0.6 is 0 Å². The lowest BCUT2D eigenvalue weighted by molar-refractivity contribution is -0.143. The summed E-state index contributed by atoms with van der Waals surface area (Å²) in [6.45, 7) is 4.91. The maximum Gasteiger partial charge on any atom is 0.305 e. The lowest BCUT2D eigenvalue weighted by atomic mass is 10.0. The predicted octanol–water partition coefficient (Wildman–Crippen LogP) is 22.9. The average Bonchev–Trinajstić information content (AvgIpc) is 3.44. The van der Waals surface area contributed by atoms with Crippen LogP contribution in [0.4, 0.5) is 0 Å². The standard InChI is InChI=1S/C72H139NO5/c1-3-5-7-9-11-13-15-17-42-46-50-54-58-62-66-72(77)78-67-63-59-55-51-47-43-40-38-36-34-32-30-28-26-24-22-20-18-19-21-23-25-27-29-31-33-35-37-39-41-45-49-53-57-61-65-71(76)73-69(68-74)70(75)64-60-56-52-48-44-16-14-12-10-8-6-4-2/h15,17,60,64,69-70,74-75H,3-14,16,18-59,61-63,65-68H2,1-2H3,(H,73,76)/b17-15-,64-60+. The number of esters is 1. The number of carbonyl (C=O) groups excluding carboxylic acids is 2. The third-order valence-electron chi connectivity index (χ3n) is 16.7. The summed E-state index contributed by atoms with van der Waals surface area (Å²) in [5.41, 5.74) is 0. The molecule has 0 radical (unpaired) electrons. The fraction of sp³-hybridized carbons (Fsp3) is 0.917. The molecule has 0 saturated carbocycles. The third kappa shape index (κ3) is 63.5. The summed E-state index contributed by atoms with van der Waals surface area (Å²) in [5.74, 6) is -0.0473. The van der Waals surface area contributed by atoms with Gasteiger partial charge >= 0.3 is 5.97 Å². The van der Waals surface area contributed by atoms with Crippen LogP contribution in [0.25, 0.3) is 0 Å². The van der Waals surface area contributed by atoms with Crippen LogP contribution in [0, 0.1) is 0 Å². The number of amides is 1. The smallest absolute Gasteiger partial charge is 0.305 e. The van der Waals surface area contributed by atoms with Gasteiger partial charge in [0.2, 0.25) is 5.91 Å². The van der Waals surface area contributed by atoms with Gasteiger partial charge in [0, 0.05) is 12.8 Å². The zero-order valence-corrected chi connectivity index (χ0v) is 52.9. The summed E-state index contributed by atoms with van der Waals surface area (Å²) in [6, 6.07) is -0.622. The van der Waals surface area contributed by atoms with E-state index < -0.39 is 12.1 Å². The molecule has 0 fully saturated rings. The minimum absolute atomic E-state index is 0.0143. The number of aliphatic hydroxyl groups excluding tert-OH is 2. The summed E-state index contributed by atoms with van der Waals surface area (Å²) >= 11 is 0. The Bertz CT molecular complexity index is 1220. The Kier molecular flexibility index (Phi) is 66.4. The van der Waals surface area contributed by atoms with E-state index in [1.165, 1.54) is 327 Å². The van der Waals surface area contributed by atoms with Gasteiger partial charge in [-0.05, 0) is 57.8 Å². The molecule has 0 heterocycles. The fourth-order valence-corrected chi connectivity index (χ4v) is 11.3. The molecule has 0 aliphatic rings. The second kappa shape index (κ2) is 67.8. The molecule has 78 heavy (non-hydrogen) atoms. The number of hydrogen-bond donors (Lipinski definition) is 3. The quantitative estimate of drug-likeness (QED) is 0.0320. The number of rotatable bonds is 67. The van der Waals surface area contributed by atoms with Crippen molar-refractivity contribution in [2.45, 2.75) is 411 Å². The maximum atomic E-state index is 12.5. The van der Waals surface area contributed by atoms with Crippen molar-refractivity contribution in [3.63, 3.8) is 0 Å². The highest BCUT2D eigenvalue weighted by Gasteiger charge is 2.18. The van der Waals surface area contributed by atoms with E-state index in [0.717, 1.165) is 44.9 Å². The first kappa shape index (κ1) is 76.3. The topological polar surface area (TPSA) is 95.9 Å². The highest BCUT2D eigenvalue weighted by molar-refractivity contribution is 5.76. The van der Waals surface area contributed by atoms with Crippen molar-refractivity contribution in [3.05, 3.63) is 24.3 Å². The highest BCUT2D eigenvalue weighted by atomic mass is 16.5. The first-order chi connectivity index (χ1) is 38.5. The Labute approximate surface area is 488 Å². The molecule has 2 atom stereocenters. The van der Waals surface area contributed by atoms with Gasteiger partial charge in [-0.15, -0.1) is 0 Å². The van der Waals surface area contributed by atoms with Gasteiger partial charge in [0.15, 0.2) is 0 Å². The molecule has 0 aliphatic carbocycles. The number of hydrogen-bond acceptors (Lipinski definition) is 5. The molecule has 3 N–H and O–H groups in total. The molecular formula is C72H139NO5. The Balaban J connectivity index is 3.30. The van der Waals surface area contributed by atoms with E-state index in [0.29, 0.717) is 19.4 Å². The van der Waals surface area contributed by atoms with E-state index in [-0.39, 0.29) is 18.5 Å². The van der Waals surface area contributed by atoms with Crippen LogP contribution in [0.1, 0.15) is 399 Å². The van der Waals surface area contributed by atoms with Crippen LogP contribution in [-0.2, 0) is 14.3 Å². The lowest BCUT2D eigenvalue weighted by Gasteiger charge is -2.20. The van der Waals surface area contributed by atoms with Crippen LogP contribution in [-0.4, -0.2) is 47.4 Å². The second-order valence-corrected chi connectivity index (χ2v) is 24.6. The molecule has 0 aromatic carbocycles. The van der Waals surface area contributed by atoms with E-state index in [1.54, 1.807) is 6.08 Å². The van der Waals surface area contributed by atoms with Crippen molar-refractivity contribution < 1.29 is 24.5 Å². The minimum Gasteiger partial charge on any atom is -0.466 e. The van der Waals surface area contributed by atoms with Crippen LogP contribution in [0.15, 0.2) is 24.3 Å². The number of aliphatic hydroxyl groups is 2. The van der Waals surface area contributed by atoms with E-state index in [9.17, 15) is 19.8 Å². The molecule has 6 heteroatoms. The lowest BCUT2D eigenvalue weighted by Crippen LogP contribution is -2.45. The fourth-order valence-electron chi connectivity index (χ4n) is 11.3. The molecule has 0 spiro atoms. The minimum atomic E-state index is -0.839. The van der Waals surface area contributed by atoms with Crippen LogP contribution in [0.3, 0.4) is 0 Å². The molecule has 462 valence electrons. The Hall–Kier alpha value is -1.66. The van der Waals surface area contributed by atoms with E-state index in [4.69, 9.17) is 4.74 Å². The summed E-state index contributed by atoms with van der Waals surface area (Å²) in [5, 5.41) is 23.1. The van der Waals surface area contributed by atoms with E-state index in [1.807, 2.05) is 6.08 Å². The summed E-state index contributed by atoms with van der Waals surface area (Å²) in [6.07, 6.45) is 85.7. The molecule has 1 amide bonds. The SMILES string of the molecule is CCCCCCC/C=C\CCCCCCCC(=O)OCCCCCCCCCCCCCCCCCCCCCCCCCCCCCCCCCCCCCC(=O)NC(CO)C(O)/C=C/CCCCCCCCCCCC. The molecule has 6 nitrogen and oxygen atoms in total. The molecule has 0 aromatic heterocycles. The number of allylic oxidation sites excluding steroid dienone is 3. The normalized spacial score (nSPS) is 12.6. The van der Waals surface area contributed by atoms with Crippen molar-refractivity contribution in [1.82, 2.24) is 5.32 Å². The van der Waals surface area contributed by atoms with Gasteiger partial charge in [-0.25, -0.2) is 0 Å². The number of ether oxygens (including phenoxy) is 1. The Morgan fingerprint density at radius 2 is 0.603 bits per heavy atom. The zero-order valence-electron chi connectivity index (χ0n) is 52.9. The maximum absolute atomic E-state index is 12.5. The highest BCUT2D eigenvalue weighted by Crippen LogP contribution is 2.19. The van der Waals surface area contributed by atoms with E-state index >= 15 is 0 Å². The largest absolute Gasteiger partial charge is 0.466 e. The number of unbranched alkanes of at least 4 members (excludes halogenated alkanes) is 54. The average molecular weight is 1100 g/mol. The second-order valence-electron chi connectivity index (χ2n) is 24.6.